The molecule has 2 amide bonds. The Kier molecular flexibility index (Phi) is 6.54. The van der Waals surface area contributed by atoms with Gasteiger partial charge in [0.05, 0.1) is 19.3 Å². The highest BCUT2D eigenvalue weighted by Gasteiger charge is 2.11. The largest absolute Gasteiger partial charge is 0.495 e. The van der Waals surface area contributed by atoms with Crippen molar-refractivity contribution >= 4 is 23.2 Å². The first-order valence-corrected chi connectivity index (χ1v) is 8.03. The lowest BCUT2D eigenvalue weighted by molar-refractivity contribution is -0.115. The Morgan fingerprint density at radius 3 is 2.44 bits per heavy atom. The molecule has 2 rings (SSSR count). The summed E-state index contributed by atoms with van der Waals surface area (Å²) in [5.41, 5.74) is 2.21. The van der Waals surface area contributed by atoms with E-state index in [1.54, 1.807) is 18.2 Å². The summed E-state index contributed by atoms with van der Waals surface area (Å²) in [6.07, 6.45) is 0. The Bertz CT molecular complexity index is 732. The van der Waals surface area contributed by atoms with Gasteiger partial charge in [-0.2, -0.15) is 0 Å². The second kappa shape index (κ2) is 8.84. The number of nitrogens with one attached hydrogen (secondary N) is 3. The number of anilines is 2. The van der Waals surface area contributed by atoms with E-state index in [1.807, 2.05) is 37.3 Å². The Morgan fingerprint density at radius 1 is 1.08 bits per heavy atom. The van der Waals surface area contributed by atoms with E-state index < -0.39 is 0 Å². The van der Waals surface area contributed by atoms with Gasteiger partial charge in [-0.1, -0.05) is 30.3 Å². The first-order chi connectivity index (χ1) is 12.0. The van der Waals surface area contributed by atoms with Gasteiger partial charge in [0.15, 0.2) is 0 Å². The van der Waals surface area contributed by atoms with E-state index in [-0.39, 0.29) is 24.4 Å². The zero-order valence-corrected chi connectivity index (χ0v) is 14.6. The van der Waals surface area contributed by atoms with Gasteiger partial charge in [0.1, 0.15) is 5.75 Å². The minimum Gasteiger partial charge on any atom is -0.495 e. The Hall–Kier alpha value is -2.86. The molecule has 0 bridgehead atoms. The van der Waals surface area contributed by atoms with Crippen LogP contribution in [0.3, 0.4) is 0 Å². The molecule has 0 aliphatic rings. The van der Waals surface area contributed by atoms with E-state index in [1.165, 1.54) is 14.0 Å². The van der Waals surface area contributed by atoms with Crippen molar-refractivity contribution in [3.8, 4) is 5.75 Å². The maximum atomic E-state index is 12.2. The van der Waals surface area contributed by atoms with Gasteiger partial charge in [0, 0.05) is 18.7 Å². The zero-order chi connectivity index (χ0) is 18.2. The molecule has 0 radical (unpaired) electrons. The van der Waals surface area contributed by atoms with Crippen molar-refractivity contribution in [2.24, 2.45) is 0 Å². The summed E-state index contributed by atoms with van der Waals surface area (Å²) in [6.45, 7) is 3.58. The van der Waals surface area contributed by atoms with Crippen LogP contribution in [0.1, 0.15) is 25.5 Å². The maximum absolute atomic E-state index is 12.2. The molecule has 0 aromatic heterocycles. The van der Waals surface area contributed by atoms with Crippen molar-refractivity contribution in [1.82, 2.24) is 5.32 Å². The van der Waals surface area contributed by atoms with Gasteiger partial charge in [0.2, 0.25) is 11.8 Å². The van der Waals surface area contributed by atoms with Crippen LogP contribution >= 0.6 is 0 Å². The van der Waals surface area contributed by atoms with Crippen LogP contribution in [0.4, 0.5) is 11.4 Å². The molecule has 0 aliphatic heterocycles. The third-order valence-corrected chi connectivity index (χ3v) is 3.66. The first-order valence-electron chi connectivity index (χ1n) is 8.03. The number of rotatable bonds is 7. The molecule has 0 spiro atoms. The predicted molar refractivity (Wildman–Crippen MR) is 98.8 cm³/mol. The van der Waals surface area contributed by atoms with Gasteiger partial charge < -0.3 is 20.7 Å². The lowest BCUT2D eigenvalue weighted by atomic mass is 10.1. The average molecular weight is 341 g/mol. The topological polar surface area (TPSA) is 79.5 Å². The SMILES string of the molecule is COc1ccc(NC(C)=O)cc1NC(=O)CN[C@H](C)c1ccccc1. The molecule has 2 aromatic carbocycles. The molecule has 0 unspecified atom stereocenters. The molecule has 0 fully saturated rings. The fourth-order valence-electron chi connectivity index (χ4n) is 2.39. The van der Waals surface area contributed by atoms with E-state index in [9.17, 15) is 9.59 Å². The third kappa shape index (κ3) is 5.61. The molecule has 1 atom stereocenters. The molecule has 132 valence electrons. The standard InChI is InChI=1S/C19H23N3O3/c1-13(15-7-5-4-6-8-15)20-12-19(24)22-17-11-16(21-14(2)23)9-10-18(17)25-3/h4-11,13,20H,12H2,1-3H3,(H,21,23)(H,22,24)/t13-/m1/s1. The monoisotopic (exact) mass is 341 g/mol. The molecule has 0 heterocycles. The summed E-state index contributed by atoms with van der Waals surface area (Å²) in [6, 6.07) is 15.0. The number of hydrogen-bond acceptors (Lipinski definition) is 4. The summed E-state index contributed by atoms with van der Waals surface area (Å²) in [5.74, 6) is 0.153. The van der Waals surface area contributed by atoms with Crippen molar-refractivity contribution < 1.29 is 14.3 Å². The van der Waals surface area contributed by atoms with Crippen molar-refractivity contribution in [3.63, 3.8) is 0 Å². The van der Waals surface area contributed by atoms with Crippen LogP contribution in [0.5, 0.6) is 5.75 Å². The number of amides is 2. The summed E-state index contributed by atoms with van der Waals surface area (Å²) < 4.78 is 5.25. The van der Waals surface area contributed by atoms with Gasteiger partial charge in [-0.05, 0) is 30.7 Å². The van der Waals surface area contributed by atoms with Crippen LogP contribution in [0.2, 0.25) is 0 Å². The molecule has 0 saturated heterocycles. The maximum Gasteiger partial charge on any atom is 0.238 e. The van der Waals surface area contributed by atoms with Crippen LogP contribution in [0.25, 0.3) is 0 Å². The second-order valence-corrected chi connectivity index (χ2v) is 5.66. The average Bonchev–Trinajstić information content (AvgIpc) is 2.60. The van der Waals surface area contributed by atoms with Crippen LogP contribution in [-0.2, 0) is 9.59 Å². The highest BCUT2D eigenvalue weighted by Crippen LogP contribution is 2.27. The number of hydrogen-bond donors (Lipinski definition) is 3. The van der Waals surface area contributed by atoms with Gasteiger partial charge in [-0.25, -0.2) is 0 Å². The van der Waals surface area contributed by atoms with Gasteiger partial charge >= 0.3 is 0 Å². The summed E-state index contributed by atoms with van der Waals surface area (Å²) >= 11 is 0. The van der Waals surface area contributed by atoms with Gasteiger partial charge in [0.25, 0.3) is 0 Å². The Morgan fingerprint density at radius 2 is 1.80 bits per heavy atom. The normalized spacial score (nSPS) is 11.5. The minimum atomic E-state index is -0.193. The quantitative estimate of drug-likeness (QED) is 0.723. The van der Waals surface area contributed by atoms with Gasteiger partial charge in [-0.15, -0.1) is 0 Å². The number of carbonyl (C=O) groups is 2. The molecular weight excluding hydrogens is 318 g/mol. The predicted octanol–water partition coefficient (Wildman–Crippen LogP) is 2.94. The number of methoxy groups -OCH3 is 1. The van der Waals surface area contributed by atoms with Crippen LogP contribution < -0.4 is 20.7 Å². The molecular formula is C19H23N3O3. The van der Waals surface area contributed by atoms with E-state index >= 15 is 0 Å². The molecule has 25 heavy (non-hydrogen) atoms. The van der Waals surface area contributed by atoms with Crippen molar-refractivity contribution in [2.75, 3.05) is 24.3 Å². The Balaban J connectivity index is 1.98. The highest BCUT2D eigenvalue weighted by molar-refractivity contribution is 5.95. The van der Waals surface area contributed by atoms with Crippen LogP contribution in [0.15, 0.2) is 48.5 Å². The molecule has 6 heteroatoms. The van der Waals surface area contributed by atoms with E-state index in [2.05, 4.69) is 16.0 Å². The number of ether oxygens (including phenoxy) is 1. The third-order valence-electron chi connectivity index (χ3n) is 3.66. The minimum absolute atomic E-state index is 0.0551. The van der Waals surface area contributed by atoms with E-state index in [4.69, 9.17) is 4.74 Å². The first kappa shape index (κ1) is 18.5. The number of benzene rings is 2. The van der Waals surface area contributed by atoms with Crippen molar-refractivity contribution in [2.45, 2.75) is 19.9 Å². The zero-order valence-electron chi connectivity index (χ0n) is 14.6. The lowest BCUT2D eigenvalue weighted by Crippen LogP contribution is -2.30. The fourth-order valence-corrected chi connectivity index (χ4v) is 2.39. The summed E-state index contributed by atoms with van der Waals surface area (Å²) in [5, 5.41) is 8.66. The van der Waals surface area contributed by atoms with E-state index in [0.29, 0.717) is 17.1 Å². The molecule has 2 aromatic rings. The number of carbonyl (C=O) groups excluding carboxylic acids is 2. The fraction of sp³-hybridized carbons (Fsp3) is 0.263. The van der Waals surface area contributed by atoms with Crippen LogP contribution in [-0.4, -0.2) is 25.5 Å². The molecule has 6 nitrogen and oxygen atoms in total. The summed E-state index contributed by atoms with van der Waals surface area (Å²) in [4.78, 5) is 23.4. The van der Waals surface area contributed by atoms with Gasteiger partial charge in [-0.3, -0.25) is 9.59 Å². The Labute approximate surface area is 147 Å². The highest BCUT2D eigenvalue weighted by atomic mass is 16.5. The summed E-state index contributed by atoms with van der Waals surface area (Å²) in [7, 11) is 1.53. The second-order valence-electron chi connectivity index (χ2n) is 5.66. The lowest BCUT2D eigenvalue weighted by Gasteiger charge is -2.15. The molecule has 0 saturated carbocycles. The van der Waals surface area contributed by atoms with Crippen molar-refractivity contribution in [3.05, 3.63) is 54.1 Å². The molecule has 0 aliphatic carbocycles. The van der Waals surface area contributed by atoms with Crippen molar-refractivity contribution in [1.29, 1.82) is 0 Å². The van der Waals surface area contributed by atoms with E-state index in [0.717, 1.165) is 5.56 Å². The smallest absolute Gasteiger partial charge is 0.238 e. The molecule has 3 N–H and O–H groups in total. The van der Waals surface area contributed by atoms with Crippen LogP contribution in [0, 0.1) is 0 Å².